The van der Waals surface area contributed by atoms with E-state index >= 15 is 0 Å². The minimum Gasteiger partial charge on any atom is -0.468 e. The lowest BCUT2D eigenvalue weighted by Gasteiger charge is -2.17. The van der Waals surface area contributed by atoms with Gasteiger partial charge in [-0.25, -0.2) is 23.4 Å². The first-order valence-corrected chi connectivity index (χ1v) is 46.9. The van der Waals surface area contributed by atoms with E-state index in [1.54, 1.807) is 6.92 Å². The molecule has 15 aromatic rings. The molecule has 0 radical (unpaired) electrons. The molecule has 37 nitrogen and oxygen atoms in total. The van der Waals surface area contributed by atoms with E-state index in [2.05, 4.69) is 175 Å². The SMILES string of the molecule is CCN(CC)CCOC(=O)Cn1nc(C)c(Br)c1-c1nnc(-c2cccc(C)c2)o1.CCOC(=O)Cn1nc(C)c(Br)c1-c1nnc(-c2cccc(C)c2)o1.COC(=O)Cn1nc(C)c(Br)c1-c1nnc(-c2cccc(C)c2)o1.CSCOC(=O)Cn1nc(C)c(Br)c1-c1nnc(-c2cccc(C)c2)o1.Cc1cccc(-c2nnc(-c3c(Br)c(C)nn3CC(=O)OCCN(C)C)o2)c1. The van der Waals surface area contributed by atoms with Gasteiger partial charge in [0.1, 0.15) is 80.3 Å². The molecule has 5 aromatic carbocycles. The summed E-state index contributed by atoms with van der Waals surface area (Å²) in [6, 6.07) is 39.0. The number of thioether (sulfide) groups is 1. The van der Waals surface area contributed by atoms with Crippen LogP contribution in [0.25, 0.3) is 115 Å². The highest BCUT2D eigenvalue weighted by Gasteiger charge is 2.30. The third-order valence-electron chi connectivity index (χ3n) is 19.4. The zero-order chi connectivity index (χ0) is 95.9. The number of ether oxygens (including phenoxy) is 5. The lowest BCUT2D eigenvalue weighted by Crippen LogP contribution is -2.28. The summed E-state index contributed by atoms with van der Waals surface area (Å²) in [6.45, 7) is 29.0. The molecule has 0 atom stereocenters. The van der Waals surface area contributed by atoms with Crippen molar-refractivity contribution >= 4 is 121 Å². The van der Waals surface area contributed by atoms with Crippen molar-refractivity contribution in [3.05, 3.63) is 200 Å². The number of aryl methyl sites for hydroxylation is 10. The Bertz CT molecular complexity index is 6530. The number of halogens is 5. The Morgan fingerprint density at radius 1 is 0.338 bits per heavy atom. The number of carbonyl (C=O) groups excluding carboxylic acids is 5. The summed E-state index contributed by atoms with van der Waals surface area (Å²) in [7, 11) is 5.17. The fourth-order valence-electron chi connectivity index (χ4n) is 12.8. The molecule has 0 spiro atoms. The van der Waals surface area contributed by atoms with Crippen LogP contribution in [0.1, 0.15) is 77.1 Å². The second-order valence-corrected chi connectivity index (χ2v) is 34.8. The van der Waals surface area contributed by atoms with Gasteiger partial charge in [-0.2, -0.15) is 25.5 Å². The smallest absolute Gasteiger partial charge is 0.328 e. The van der Waals surface area contributed by atoms with Crippen LogP contribution in [-0.4, -0.2) is 219 Å². The van der Waals surface area contributed by atoms with Gasteiger partial charge in [-0.1, -0.05) is 102 Å². The van der Waals surface area contributed by atoms with Crippen molar-refractivity contribution < 1.29 is 69.7 Å². The van der Waals surface area contributed by atoms with Gasteiger partial charge in [0.25, 0.3) is 29.5 Å². The van der Waals surface area contributed by atoms with Crippen LogP contribution in [0.5, 0.6) is 0 Å². The first-order valence-electron chi connectivity index (χ1n) is 41.5. The average molecular weight is 2160 g/mol. The molecule has 10 aromatic heterocycles. The molecule has 0 saturated carbocycles. The van der Waals surface area contributed by atoms with E-state index in [-0.39, 0.29) is 86.1 Å². The molecule has 0 aliphatic carbocycles. The Morgan fingerprint density at radius 3 is 0.797 bits per heavy atom. The van der Waals surface area contributed by atoms with Crippen molar-refractivity contribution in [3.8, 4) is 115 Å². The maximum atomic E-state index is 12.4. The first kappa shape index (κ1) is 101. The van der Waals surface area contributed by atoms with Crippen LogP contribution in [0, 0.1) is 69.2 Å². The standard InChI is InChI=1S/C21H26BrN5O3.C19H22BrN5O3.C17H17BrN4O3S.C17H17BrN4O3.C16H15BrN4O3/c1-5-26(6-2)10-11-29-17(28)13-27-19(18(22)15(4)25-27)21-24-23-20(30-21)16-9-7-8-14(3)12-16;1-12-6-5-7-14(10-12)18-21-22-19(28-18)17-16(20)13(2)23-25(17)11-15(26)27-9-8-24(3)4;1-10-5-4-6-12(7-10)16-19-20-17(25-16)15-14(18)11(2)21-22(15)8-13(23)24-9-26-3;1-4-24-13(23)9-22-15(14(18)11(3)21-22)17-20-19-16(25-17)12-7-5-6-10(2)8-12;1-9-5-4-6-11(7-9)15-18-19-16(24-15)14-13(17)10(2)20-21(14)8-12(22)23-3/h7-9,12H,5-6,10-11,13H2,1-4H3;5-7,10H,8-9,11H2,1-4H3;4-7H,8-9H2,1-3H3;5-8H,4,9H2,1-3H3;4-7H,8H2,1-3H3. The zero-order valence-electron chi connectivity index (χ0n) is 76.0. The van der Waals surface area contributed by atoms with Crippen LogP contribution in [0.2, 0.25) is 0 Å². The van der Waals surface area contributed by atoms with E-state index in [0.29, 0.717) is 136 Å². The number of esters is 5. The number of rotatable bonds is 31. The molecular formula is C90H97Br5N22O15S. The summed E-state index contributed by atoms with van der Waals surface area (Å²) in [6.07, 6.45) is 1.86. The Morgan fingerprint density at radius 2 is 0.571 bits per heavy atom. The summed E-state index contributed by atoms with van der Waals surface area (Å²) in [5.74, 6) is 1.85. The van der Waals surface area contributed by atoms with Crippen molar-refractivity contribution in [1.82, 2.24) is 110 Å². The van der Waals surface area contributed by atoms with E-state index in [1.165, 1.54) is 42.3 Å². The number of hydrogen-bond donors (Lipinski definition) is 0. The van der Waals surface area contributed by atoms with Gasteiger partial charge in [0.15, 0.2) is 0 Å². The largest absolute Gasteiger partial charge is 0.468 e. The summed E-state index contributed by atoms with van der Waals surface area (Å²) in [5.41, 5.74) is 16.0. The first-order chi connectivity index (χ1) is 63.7. The lowest BCUT2D eigenvalue weighted by molar-refractivity contribution is -0.145. The fraction of sp³-hybridized carbons (Fsp3) is 0.333. The summed E-state index contributed by atoms with van der Waals surface area (Å²) in [5, 5.41) is 63.2. The van der Waals surface area contributed by atoms with Crippen LogP contribution in [-0.2, 0) is 80.4 Å². The molecule has 15 rings (SSSR count). The van der Waals surface area contributed by atoms with Crippen LogP contribution < -0.4 is 0 Å². The second kappa shape index (κ2) is 48.0. The third kappa shape index (κ3) is 27.1. The predicted octanol–water partition coefficient (Wildman–Crippen LogP) is 17.5. The molecule has 0 N–H and O–H groups in total. The van der Waals surface area contributed by atoms with E-state index in [0.717, 1.165) is 80.1 Å². The number of methoxy groups -OCH3 is 1. The number of benzene rings is 5. The molecule has 43 heteroatoms. The molecule has 0 bridgehead atoms. The fourth-order valence-corrected chi connectivity index (χ4v) is 15.3. The van der Waals surface area contributed by atoms with E-state index in [1.807, 2.05) is 216 Å². The average Bonchev–Trinajstić information content (AvgIpc) is 1.66. The van der Waals surface area contributed by atoms with Crippen molar-refractivity contribution in [2.24, 2.45) is 0 Å². The Kier molecular flexibility index (Phi) is 36.6. The summed E-state index contributed by atoms with van der Waals surface area (Å²) >= 11 is 18.9. The van der Waals surface area contributed by atoms with Crippen molar-refractivity contribution in [3.63, 3.8) is 0 Å². The molecule has 698 valence electrons. The third-order valence-corrected chi connectivity index (χ3v) is 24.5. The number of hydrogen-bond acceptors (Lipinski definition) is 33. The highest BCUT2D eigenvalue weighted by molar-refractivity contribution is 9.11. The molecule has 133 heavy (non-hydrogen) atoms. The highest BCUT2D eigenvalue weighted by atomic mass is 79.9. The molecule has 0 amide bonds. The van der Waals surface area contributed by atoms with Gasteiger partial charge in [0, 0.05) is 40.9 Å². The lowest BCUT2D eigenvalue weighted by atomic mass is 10.1. The van der Waals surface area contributed by atoms with Crippen LogP contribution in [0.3, 0.4) is 0 Å². The minimum atomic E-state index is -0.412. The highest BCUT2D eigenvalue weighted by Crippen LogP contribution is 2.39. The van der Waals surface area contributed by atoms with Crippen LogP contribution in [0.4, 0.5) is 0 Å². The quantitative estimate of drug-likeness (QED) is 0.0221. The van der Waals surface area contributed by atoms with Gasteiger partial charge in [0.05, 0.1) is 64.5 Å². The maximum absolute atomic E-state index is 12.4. The Balaban J connectivity index is 0.000000160. The van der Waals surface area contributed by atoms with Gasteiger partial charge in [-0.05, 0) is 250 Å². The normalized spacial score (nSPS) is 11.0. The molecule has 10 heterocycles. The maximum Gasteiger partial charge on any atom is 0.328 e. The zero-order valence-corrected chi connectivity index (χ0v) is 84.7. The van der Waals surface area contributed by atoms with Gasteiger partial charge in [-0.3, -0.25) is 24.0 Å². The Labute approximate surface area is 811 Å². The number of nitrogens with zero attached hydrogens (tertiary/aromatic N) is 22. The summed E-state index contributed by atoms with van der Waals surface area (Å²) in [4.78, 5) is 64.0. The van der Waals surface area contributed by atoms with Gasteiger partial charge in [-0.15, -0.1) is 62.7 Å². The second-order valence-electron chi connectivity index (χ2n) is 30.0. The van der Waals surface area contributed by atoms with Crippen LogP contribution in [0.15, 0.2) is 166 Å². The number of aromatic nitrogens is 20. The van der Waals surface area contributed by atoms with Crippen molar-refractivity contribution in [2.75, 3.05) is 79.4 Å². The topological polar surface area (TPSA) is 422 Å². The number of carbonyl (C=O) groups is 5. The predicted molar refractivity (Wildman–Crippen MR) is 512 cm³/mol. The van der Waals surface area contributed by atoms with Crippen molar-refractivity contribution in [1.29, 1.82) is 0 Å². The van der Waals surface area contributed by atoms with Crippen LogP contribution >= 0.6 is 91.4 Å². The molecule has 0 saturated heterocycles. The molecular weight excluding hydrogens is 2060 g/mol. The number of likely N-dealkylation sites (N-methyl/N-ethyl adjacent to an activating group) is 2. The molecule has 0 unspecified atom stereocenters. The van der Waals surface area contributed by atoms with Gasteiger partial charge in [0.2, 0.25) is 29.5 Å². The van der Waals surface area contributed by atoms with Crippen molar-refractivity contribution in [2.45, 2.75) is 123 Å². The molecule has 0 fully saturated rings. The summed E-state index contributed by atoms with van der Waals surface area (Å²) < 4.78 is 65.7. The molecule has 0 aliphatic rings. The van der Waals surface area contributed by atoms with E-state index < -0.39 is 5.97 Å². The van der Waals surface area contributed by atoms with Gasteiger partial charge >= 0.3 is 29.8 Å². The van der Waals surface area contributed by atoms with Gasteiger partial charge < -0.3 is 55.6 Å². The molecule has 0 aliphatic heterocycles. The van der Waals surface area contributed by atoms with E-state index in [9.17, 15) is 24.0 Å². The monoisotopic (exact) mass is 2150 g/mol. The minimum absolute atomic E-state index is 0.0300. The van der Waals surface area contributed by atoms with E-state index in [4.69, 9.17) is 45.8 Å². The Hall–Kier alpha value is -12.1.